The maximum absolute atomic E-state index is 5.80. The maximum atomic E-state index is 5.80. The predicted octanol–water partition coefficient (Wildman–Crippen LogP) is 3.42. The van der Waals surface area contributed by atoms with Gasteiger partial charge < -0.3 is 14.6 Å². The maximum Gasteiger partial charge on any atom is 0.0655 e. The summed E-state index contributed by atoms with van der Waals surface area (Å²) in [5.74, 6) is 0. The largest absolute Gasteiger partial charge is 0.378 e. The second-order valence-corrected chi connectivity index (χ2v) is 6.58. The highest BCUT2D eigenvalue weighted by atomic mass is 16.5. The Balaban J connectivity index is 1.94. The van der Waals surface area contributed by atoms with Gasteiger partial charge in [-0.05, 0) is 45.7 Å². The van der Waals surface area contributed by atoms with Gasteiger partial charge in [-0.25, -0.2) is 0 Å². The van der Waals surface area contributed by atoms with E-state index in [0.29, 0.717) is 12.1 Å². The number of aromatic nitrogens is 1. The fraction of sp³-hybridized carbons (Fsp3) is 0.765. The van der Waals surface area contributed by atoms with Crippen LogP contribution in [0.1, 0.15) is 51.1 Å². The minimum atomic E-state index is 0.242. The predicted molar refractivity (Wildman–Crippen MR) is 84.0 cm³/mol. The first kappa shape index (κ1) is 15.6. The molecule has 114 valence electrons. The first-order chi connectivity index (χ1) is 9.41. The van der Waals surface area contributed by atoms with Crippen LogP contribution in [0.15, 0.2) is 6.07 Å². The van der Waals surface area contributed by atoms with Gasteiger partial charge in [0, 0.05) is 42.5 Å². The molecule has 0 bridgehead atoms. The fourth-order valence-corrected chi connectivity index (χ4v) is 3.49. The van der Waals surface area contributed by atoms with E-state index < -0.39 is 0 Å². The molecule has 1 aromatic heterocycles. The van der Waals surface area contributed by atoms with Crippen molar-refractivity contribution in [3.05, 3.63) is 23.0 Å². The molecule has 3 heteroatoms. The molecule has 2 rings (SSSR count). The third-order valence-corrected chi connectivity index (χ3v) is 5.08. The second kappa shape index (κ2) is 5.90. The molecule has 20 heavy (non-hydrogen) atoms. The van der Waals surface area contributed by atoms with Crippen molar-refractivity contribution >= 4 is 0 Å². The van der Waals surface area contributed by atoms with Crippen LogP contribution in [0, 0.1) is 19.3 Å². The van der Waals surface area contributed by atoms with Crippen molar-refractivity contribution in [2.75, 3.05) is 6.61 Å². The van der Waals surface area contributed by atoms with Gasteiger partial charge in [0.2, 0.25) is 0 Å². The van der Waals surface area contributed by atoms with E-state index in [0.717, 1.165) is 26.1 Å². The quantitative estimate of drug-likeness (QED) is 0.863. The molecule has 1 fully saturated rings. The molecular formula is C17H30N2O. The number of nitrogens with zero attached hydrogens (tertiary/aromatic N) is 1. The molecule has 1 saturated carbocycles. The summed E-state index contributed by atoms with van der Waals surface area (Å²) >= 11 is 0. The van der Waals surface area contributed by atoms with Gasteiger partial charge in [-0.15, -0.1) is 0 Å². The molecule has 0 aliphatic heterocycles. The van der Waals surface area contributed by atoms with Gasteiger partial charge in [-0.1, -0.05) is 13.8 Å². The van der Waals surface area contributed by atoms with Crippen LogP contribution in [0.4, 0.5) is 0 Å². The summed E-state index contributed by atoms with van der Waals surface area (Å²) in [6.45, 7) is 16.2. The van der Waals surface area contributed by atoms with E-state index in [-0.39, 0.29) is 5.41 Å². The average Bonchev–Trinajstić information content (AvgIpc) is 2.67. The Kier molecular flexibility index (Phi) is 4.60. The van der Waals surface area contributed by atoms with Gasteiger partial charge in [0.1, 0.15) is 0 Å². The van der Waals surface area contributed by atoms with Crippen molar-refractivity contribution in [3.8, 4) is 0 Å². The summed E-state index contributed by atoms with van der Waals surface area (Å²) in [6, 6.07) is 2.88. The summed E-state index contributed by atoms with van der Waals surface area (Å²) in [5, 5.41) is 3.73. The van der Waals surface area contributed by atoms with Crippen LogP contribution < -0.4 is 5.32 Å². The Bertz CT molecular complexity index is 462. The number of hydrogen-bond donors (Lipinski definition) is 1. The Morgan fingerprint density at radius 1 is 1.35 bits per heavy atom. The van der Waals surface area contributed by atoms with E-state index in [4.69, 9.17) is 4.74 Å². The lowest BCUT2D eigenvalue weighted by Gasteiger charge is -2.52. The number of ether oxygens (including phenoxy) is 1. The van der Waals surface area contributed by atoms with Gasteiger partial charge in [0.05, 0.1) is 6.10 Å². The molecule has 1 aliphatic rings. The molecule has 2 atom stereocenters. The average molecular weight is 278 g/mol. The monoisotopic (exact) mass is 278 g/mol. The zero-order valence-corrected chi connectivity index (χ0v) is 13.9. The van der Waals surface area contributed by atoms with Crippen molar-refractivity contribution < 1.29 is 4.74 Å². The lowest BCUT2D eigenvalue weighted by molar-refractivity contribution is -0.114. The van der Waals surface area contributed by atoms with Crippen LogP contribution in [-0.4, -0.2) is 23.3 Å². The minimum Gasteiger partial charge on any atom is -0.378 e. The third kappa shape index (κ3) is 2.66. The topological polar surface area (TPSA) is 26.2 Å². The smallest absolute Gasteiger partial charge is 0.0655 e. The first-order valence-corrected chi connectivity index (χ1v) is 7.92. The zero-order chi connectivity index (χ0) is 14.9. The van der Waals surface area contributed by atoms with E-state index >= 15 is 0 Å². The van der Waals surface area contributed by atoms with Gasteiger partial charge in [0.25, 0.3) is 0 Å². The number of hydrogen-bond acceptors (Lipinski definition) is 2. The summed E-state index contributed by atoms with van der Waals surface area (Å²) in [7, 11) is 0. The molecule has 1 N–H and O–H groups in total. The van der Waals surface area contributed by atoms with E-state index in [1.165, 1.54) is 17.0 Å². The van der Waals surface area contributed by atoms with E-state index in [9.17, 15) is 0 Å². The van der Waals surface area contributed by atoms with Gasteiger partial charge in [-0.2, -0.15) is 0 Å². The lowest BCUT2D eigenvalue weighted by atomic mass is 9.64. The SMILES string of the molecule is CCOC1CC(NCc2cc(C)n(CC)c2C)C1(C)C. The molecule has 0 spiro atoms. The van der Waals surface area contributed by atoms with Crippen molar-refractivity contribution in [2.45, 2.75) is 73.2 Å². The minimum absolute atomic E-state index is 0.242. The molecule has 0 aromatic carbocycles. The van der Waals surface area contributed by atoms with Crippen LogP contribution in [0.2, 0.25) is 0 Å². The molecule has 1 heterocycles. The van der Waals surface area contributed by atoms with Crippen molar-refractivity contribution in [1.29, 1.82) is 0 Å². The molecule has 0 radical (unpaired) electrons. The Morgan fingerprint density at radius 2 is 2.05 bits per heavy atom. The van der Waals surface area contributed by atoms with Crippen LogP contribution in [0.3, 0.4) is 0 Å². The van der Waals surface area contributed by atoms with Crippen LogP contribution in [-0.2, 0) is 17.8 Å². The molecule has 3 nitrogen and oxygen atoms in total. The number of aryl methyl sites for hydroxylation is 1. The summed E-state index contributed by atoms with van der Waals surface area (Å²) < 4.78 is 8.18. The fourth-order valence-electron chi connectivity index (χ4n) is 3.49. The Labute approximate surface area is 123 Å². The second-order valence-electron chi connectivity index (χ2n) is 6.58. The lowest BCUT2D eigenvalue weighted by Crippen LogP contribution is -2.60. The molecule has 1 aliphatic carbocycles. The van der Waals surface area contributed by atoms with Gasteiger partial charge >= 0.3 is 0 Å². The summed E-state index contributed by atoms with van der Waals surface area (Å²) in [6.07, 6.45) is 1.54. The highest BCUT2D eigenvalue weighted by Crippen LogP contribution is 2.42. The van der Waals surface area contributed by atoms with Crippen molar-refractivity contribution in [2.24, 2.45) is 5.41 Å². The normalized spacial score (nSPS) is 24.7. The van der Waals surface area contributed by atoms with Crippen LogP contribution in [0.5, 0.6) is 0 Å². The molecule has 2 unspecified atom stereocenters. The molecular weight excluding hydrogens is 248 g/mol. The highest BCUT2D eigenvalue weighted by molar-refractivity contribution is 5.26. The first-order valence-electron chi connectivity index (χ1n) is 7.92. The van der Waals surface area contributed by atoms with Crippen molar-refractivity contribution in [3.63, 3.8) is 0 Å². The molecule has 0 amide bonds. The zero-order valence-electron chi connectivity index (χ0n) is 13.9. The third-order valence-electron chi connectivity index (χ3n) is 5.08. The van der Waals surface area contributed by atoms with Crippen LogP contribution >= 0.6 is 0 Å². The van der Waals surface area contributed by atoms with Gasteiger partial charge in [-0.3, -0.25) is 0 Å². The highest BCUT2D eigenvalue weighted by Gasteiger charge is 2.48. The van der Waals surface area contributed by atoms with Gasteiger partial charge in [0.15, 0.2) is 0 Å². The Morgan fingerprint density at radius 3 is 2.55 bits per heavy atom. The standard InChI is InChI=1S/C17H30N2O/c1-7-19-12(3)9-14(13(19)4)11-18-15-10-16(20-8-2)17(15,5)6/h9,15-16,18H,7-8,10-11H2,1-6H3. The van der Waals surface area contributed by atoms with E-state index in [2.05, 4.69) is 57.5 Å². The summed E-state index contributed by atoms with van der Waals surface area (Å²) in [5.41, 5.74) is 4.43. The molecule has 1 aromatic rings. The van der Waals surface area contributed by atoms with Crippen LogP contribution in [0.25, 0.3) is 0 Å². The number of rotatable bonds is 6. The van der Waals surface area contributed by atoms with E-state index in [1.54, 1.807) is 0 Å². The van der Waals surface area contributed by atoms with Crippen molar-refractivity contribution in [1.82, 2.24) is 9.88 Å². The van der Waals surface area contributed by atoms with E-state index in [1.807, 2.05) is 0 Å². The summed E-state index contributed by atoms with van der Waals surface area (Å²) in [4.78, 5) is 0. The number of nitrogens with one attached hydrogen (secondary N) is 1. The Hall–Kier alpha value is -0.800. The molecule has 0 saturated heterocycles.